The molecule has 0 aliphatic carbocycles. The highest BCUT2D eigenvalue weighted by Gasteiger charge is 2.17. The molecule has 0 radical (unpaired) electrons. The first-order chi connectivity index (χ1) is 11.2. The molecule has 0 aliphatic rings. The molecule has 0 unspecified atom stereocenters. The zero-order valence-electron chi connectivity index (χ0n) is 12.8. The minimum atomic E-state index is -0.210. The lowest BCUT2D eigenvalue weighted by Crippen LogP contribution is -2.32. The molecule has 0 bridgehead atoms. The van der Waals surface area contributed by atoms with Crippen molar-refractivity contribution >= 4 is 23.1 Å². The van der Waals surface area contributed by atoms with Crippen molar-refractivity contribution in [2.24, 2.45) is 0 Å². The Morgan fingerprint density at radius 1 is 1.00 bits per heavy atom. The topological polar surface area (TPSA) is 41.1 Å². The summed E-state index contributed by atoms with van der Waals surface area (Å²) in [6.45, 7) is 2.00. The quantitative estimate of drug-likeness (QED) is 0.700. The van der Waals surface area contributed by atoms with Crippen LogP contribution >= 0.6 is 11.3 Å². The minimum absolute atomic E-state index is 0.152. The van der Waals surface area contributed by atoms with E-state index in [-0.39, 0.29) is 12.1 Å². The molecule has 3 nitrogen and oxygen atoms in total. The number of anilines is 1. The van der Waals surface area contributed by atoms with E-state index in [0.717, 1.165) is 21.7 Å². The number of hydrogen-bond acceptors (Lipinski definition) is 2. The van der Waals surface area contributed by atoms with Gasteiger partial charge >= 0.3 is 6.03 Å². The molecule has 2 N–H and O–H groups in total. The number of carbonyl (C=O) groups excluding carboxylic acids is 1. The molecule has 3 aromatic rings. The third-order valence-corrected chi connectivity index (χ3v) is 4.45. The summed E-state index contributed by atoms with van der Waals surface area (Å²) in [6.07, 6.45) is 0. The van der Waals surface area contributed by atoms with Crippen molar-refractivity contribution in [3.8, 4) is 0 Å². The second kappa shape index (κ2) is 7.11. The summed E-state index contributed by atoms with van der Waals surface area (Å²) in [6, 6.07) is 21.4. The molecule has 0 saturated carbocycles. The van der Waals surface area contributed by atoms with Crippen LogP contribution in [0.4, 0.5) is 10.5 Å². The molecule has 23 heavy (non-hydrogen) atoms. The lowest BCUT2D eigenvalue weighted by molar-refractivity contribution is 0.250. The van der Waals surface area contributed by atoms with Crippen molar-refractivity contribution in [1.29, 1.82) is 0 Å². The van der Waals surface area contributed by atoms with Crippen LogP contribution in [0.2, 0.25) is 0 Å². The number of rotatable bonds is 4. The summed E-state index contributed by atoms with van der Waals surface area (Å²) in [4.78, 5) is 13.5. The van der Waals surface area contributed by atoms with Gasteiger partial charge in [0.25, 0.3) is 0 Å². The molecule has 2 amide bonds. The average molecular weight is 322 g/mol. The van der Waals surface area contributed by atoms with Crippen molar-refractivity contribution in [2.75, 3.05) is 5.32 Å². The van der Waals surface area contributed by atoms with Gasteiger partial charge in [0.2, 0.25) is 0 Å². The van der Waals surface area contributed by atoms with Crippen LogP contribution in [0.3, 0.4) is 0 Å². The number of hydrogen-bond donors (Lipinski definition) is 2. The first kappa shape index (κ1) is 15.3. The first-order valence-electron chi connectivity index (χ1n) is 7.45. The number of carbonyl (C=O) groups is 1. The van der Waals surface area contributed by atoms with E-state index < -0.39 is 0 Å². The molecule has 116 valence electrons. The molecule has 3 rings (SSSR count). The summed E-state index contributed by atoms with van der Waals surface area (Å²) in [5.41, 5.74) is 2.97. The van der Waals surface area contributed by atoms with Gasteiger partial charge in [-0.05, 0) is 41.6 Å². The molecule has 4 heteroatoms. The Morgan fingerprint density at radius 3 is 2.52 bits per heavy atom. The molecule has 2 aromatic carbocycles. The molecular weight excluding hydrogens is 304 g/mol. The van der Waals surface area contributed by atoms with E-state index in [2.05, 4.69) is 10.6 Å². The maximum absolute atomic E-state index is 12.4. The zero-order chi connectivity index (χ0) is 16.1. The highest BCUT2D eigenvalue weighted by atomic mass is 32.1. The van der Waals surface area contributed by atoms with Crippen LogP contribution in [-0.2, 0) is 0 Å². The molecular formula is C19H18N2OS. The van der Waals surface area contributed by atoms with Gasteiger partial charge in [0.15, 0.2) is 0 Å². The van der Waals surface area contributed by atoms with Crippen LogP contribution in [0, 0.1) is 6.92 Å². The second-order valence-corrected chi connectivity index (χ2v) is 6.31. The average Bonchev–Trinajstić information content (AvgIpc) is 3.07. The molecule has 0 aliphatic heterocycles. The summed E-state index contributed by atoms with van der Waals surface area (Å²) in [7, 11) is 0. The lowest BCUT2D eigenvalue weighted by atomic mass is 10.1. The highest BCUT2D eigenvalue weighted by molar-refractivity contribution is 7.10. The van der Waals surface area contributed by atoms with Gasteiger partial charge in [0, 0.05) is 10.6 Å². The van der Waals surface area contributed by atoms with Crippen LogP contribution in [0.1, 0.15) is 22.0 Å². The molecule has 0 saturated heterocycles. The Balaban J connectivity index is 1.77. The third kappa shape index (κ3) is 3.99. The standard InChI is InChI=1S/C19H18N2OS/c1-14-7-5-10-16(13-14)20-19(22)21-18(17-11-6-12-23-17)15-8-3-2-4-9-15/h2-13,18H,1H3,(H2,20,21,22)/t18-/m0/s1. The van der Waals surface area contributed by atoms with E-state index in [9.17, 15) is 4.79 Å². The predicted octanol–water partition coefficient (Wildman–Crippen LogP) is 4.97. The van der Waals surface area contributed by atoms with E-state index >= 15 is 0 Å². The normalized spacial score (nSPS) is 11.7. The van der Waals surface area contributed by atoms with E-state index in [1.54, 1.807) is 11.3 Å². The molecule has 1 atom stereocenters. The maximum Gasteiger partial charge on any atom is 0.320 e. The van der Waals surface area contributed by atoms with Crippen LogP contribution in [-0.4, -0.2) is 6.03 Å². The van der Waals surface area contributed by atoms with Crippen molar-refractivity contribution < 1.29 is 4.79 Å². The predicted molar refractivity (Wildman–Crippen MR) is 95.9 cm³/mol. The molecule has 1 heterocycles. The fourth-order valence-electron chi connectivity index (χ4n) is 2.44. The number of urea groups is 1. The monoisotopic (exact) mass is 322 g/mol. The van der Waals surface area contributed by atoms with Gasteiger partial charge in [-0.15, -0.1) is 11.3 Å². The van der Waals surface area contributed by atoms with Gasteiger partial charge in [-0.2, -0.15) is 0 Å². The van der Waals surface area contributed by atoms with Gasteiger partial charge in [-0.25, -0.2) is 4.79 Å². The SMILES string of the molecule is Cc1cccc(NC(=O)N[C@@H](c2ccccc2)c2cccs2)c1. The summed E-state index contributed by atoms with van der Waals surface area (Å²) in [5, 5.41) is 7.98. The molecule has 1 aromatic heterocycles. The van der Waals surface area contributed by atoms with Crippen LogP contribution in [0.15, 0.2) is 72.1 Å². The van der Waals surface area contributed by atoms with Crippen LogP contribution in [0.25, 0.3) is 0 Å². The number of thiophene rings is 1. The third-order valence-electron chi connectivity index (χ3n) is 3.51. The Bertz CT molecular complexity index is 769. The Hall–Kier alpha value is -2.59. The maximum atomic E-state index is 12.4. The Morgan fingerprint density at radius 2 is 1.83 bits per heavy atom. The van der Waals surface area contributed by atoms with Crippen molar-refractivity contribution in [3.63, 3.8) is 0 Å². The number of benzene rings is 2. The fraction of sp³-hybridized carbons (Fsp3) is 0.105. The summed E-state index contributed by atoms with van der Waals surface area (Å²) < 4.78 is 0. The van der Waals surface area contributed by atoms with E-state index in [0.29, 0.717) is 0 Å². The van der Waals surface area contributed by atoms with Crippen LogP contribution < -0.4 is 10.6 Å². The molecule has 0 spiro atoms. The van der Waals surface area contributed by atoms with Gasteiger partial charge in [-0.1, -0.05) is 48.5 Å². The first-order valence-corrected chi connectivity index (χ1v) is 8.33. The van der Waals surface area contributed by atoms with Gasteiger partial charge in [-0.3, -0.25) is 0 Å². The van der Waals surface area contributed by atoms with Crippen LogP contribution in [0.5, 0.6) is 0 Å². The van der Waals surface area contributed by atoms with Gasteiger partial charge < -0.3 is 10.6 Å². The van der Waals surface area contributed by atoms with Crippen molar-refractivity contribution in [2.45, 2.75) is 13.0 Å². The van der Waals surface area contributed by atoms with E-state index in [1.165, 1.54) is 0 Å². The Kier molecular flexibility index (Phi) is 4.74. The van der Waals surface area contributed by atoms with Crippen molar-refractivity contribution in [1.82, 2.24) is 5.32 Å². The number of nitrogens with one attached hydrogen (secondary N) is 2. The fourth-order valence-corrected chi connectivity index (χ4v) is 3.24. The second-order valence-electron chi connectivity index (χ2n) is 5.33. The smallest absolute Gasteiger partial charge is 0.320 e. The van der Waals surface area contributed by atoms with E-state index in [4.69, 9.17) is 0 Å². The number of aryl methyl sites for hydroxylation is 1. The largest absolute Gasteiger partial charge is 0.326 e. The zero-order valence-corrected chi connectivity index (χ0v) is 13.6. The van der Waals surface area contributed by atoms with E-state index in [1.807, 2.05) is 79.0 Å². The number of amides is 2. The summed E-state index contributed by atoms with van der Waals surface area (Å²) >= 11 is 1.63. The highest BCUT2D eigenvalue weighted by Crippen LogP contribution is 2.26. The van der Waals surface area contributed by atoms with Gasteiger partial charge in [0.05, 0.1) is 6.04 Å². The minimum Gasteiger partial charge on any atom is -0.326 e. The van der Waals surface area contributed by atoms with Gasteiger partial charge in [0.1, 0.15) is 0 Å². The lowest BCUT2D eigenvalue weighted by Gasteiger charge is -2.18. The van der Waals surface area contributed by atoms with Crippen molar-refractivity contribution in [3.05, 3.63) is 88.1 Å². The Labute approximate surface area is 140 Å². The molecule has 0 fully saturated rings. The summed E-state index contributed by atoms with van der Waals surface area (Å²) in [5.74, 6) is 0.